The van der Waals surface area contributed by atoms with Crippen LogP contribution in [0.4, 0.5) is 0 Å². The molecular formula is C11H11BrClNO2S. The summed E-state index contributed by atoms with van der Waals surface area (Å²) < 4.78 is 25.1. The molecule has 0 radical (unpaired) electrons. The number of benzene rings is 1. The third-order valence-corrected chi connectivity index (χ3v) is 5.39. The second-order valence-electron chi connectivity index (χ2n) is 3.59. The minimum atomic E-state index is -3.49. The lowest BCUT2D eigenvalue weighted by Gasteiger charge is -2.12. The van der Waals surface area contributed by atoms with E-state index in [-0.39, 0.29) is 16.3 Å². The van der Waals surface area contributed by atoms with E-state index < -0.39 is 15.1 Å². The lowest BCUT2D eigenvalue weighted by atomic mass is 10.2. The van der Waals surface area contributed by atoms with Crippen molar-refractivity contribution in [1.29, 1.82) is 5.26 Å². The number of hydrogen-bond donors (Lipinski definition) is 0. The monoisotopic (exact) mass is 335 g/mol. The minimum absolute atomic E-state index is 0.0702. The molecule has 0 aromatic heterocycles. The zero-order valence-electron chi connectivity index (χ0n) is 9.15. The Morgan fingerprint density at radius 3 is 2.71 bits per heavy atom. The summed E-state index contributed by atoms with van der Waals surface area (Å²) >= 11 is 8.76. The molecule has 3 nitrogen and oxygen atoms in total. The maximum absolute atomic E-state index is 12.2. The van der Waals surface area contributed by atoms with Crippen molar-refractivity contribution < 1.29 is 8.42 Å². The predicted octanol–water partition coefficient (Wildman–Crippen LogP) is 3.11. The molecule has 0 aliphatic rings. The second-order valence-corrected chi connectivity index (χ2v) is 7.21. The van der Waals surface area contributed by atoms with Gasteiger partial charge in [-0.25, -0.2) is 8.42 Å². The number of sulfone groups is 1. The number of nitrogens with zero attached hydrogens (tertiary/aromatic N) is 1. The fraction of sp³-hybridized carbons (Fsp3) is 0.364. The van der Waals surface area contributed by atoms with Crippen molar-refractivity contribution in [3.8, 4) is 6.07 Å². The Morgan fingerprint density at radius 2 is 2.18 bits per heavy atom. The number of rotatable bonds is 4. The molecule has 0 heterocycles. The van der Waals surface area contributed by atoms with Gasteiger partial charge in [0.1, 0.15) is 6.07 Å². The molecule has 1 atom stereocenters. The molecular weight excluding hydrogens is 326 g/mol. The largest absolute Gasteiger partial charge is 0.223 e. The van der Waals surface area contributed by atoms with Crippen LogP contribution < -0.4 is 0 Å². The summed E-state index contributed by atoms with van der Waals surface area (Å²) in [6.07, 6.45) is 0.366. The zero-order valence-corrected chi connectivity index (χ0v) is 12.3. The van der Waals surface area contributed by atoms with Crippen molar-refractivity contribution >= 4 is 37.4 Å². The normalized spacial score (nSPS) is 13.1. The highest BCUT2D eigenvalue weighted by Crippen LogP contribution is 2.25. The van der Waals surface area contributed by atoms with Crippen molar-refractivity contribution in [2.45, 2.75) is 23.5 Å². The Labute approximate surface area is 114 Å². The van der Waals surface area contributed by atoms with Gasteiger partial charge in [0, 0.05) is 10.4 Å². The van der Waals surface area contributed by atoms with Crippen molar-refractivity contribution in [3.63, 3.8) is 0 Å². The van der Waals surface area contributed by atoms with Crippen LogP contribution in [0.3, 0.4) is 0 Å². The molecule has 92 valence electrons. The standard InChI is InChI=1S/C11H11BrClNO2S/c1-8(4-5-13)17(15,16)11-3-2-10(12)6-9(11)7-14/h2-3,6,8H,4-5H2,1H3. The van der Waals surface area contributed by atoms with Gasteiger partial charge in [0.15, 0.2) is 9.84 Å². The van der Waals surface area contributed by atoms with Crippen LogP contribution in [0.5, 0.6) is 0 Å². The van der Waals surface area contributed by atoms with Gasteiger partial charge in [-0.05, 0) is 31.5 Å². The van der Waals surface area contributed by atoms with Crippen molar-refractivity contribution in [2.24, 2.45) is 0 Å². The van der Waals surface area contributed by atoms with E-state index in [0.717, 1.165) is 0 Å². The summed E-state index contributed by atoms with van der Waals surface area (Å²) in [5.41, 5.74) is 0.154. The molecule has 0 bridgehead atoms. The van der Waals surface area contributed by atoms with E-state index in [2.05, 4.69) is 15.9 Å². The van der Waals surface area contributed by atoms with Crippen LogP contribution in [0, 0.1) is 11.3 Å². The Kier molecular flexibility index (Phi) is 4.99. The molecule has 1 rings (SSSR count). The van der Waals surface area contributed by atoms with Gasteiger partial charge < -0.3 is 0 Å². The zero-order chi connectivity index (χ0) is 13.1. The fourth-order valence-electron chi connectivity index (χ4n) is 1.36. The summed E-state index contributed by atoms with van der Waals surface area (Å²) in [5.74, 6) is 0.277. The summed E-state index contributed by atoms with van der Waals surface area (Å²) in [4.78, 5) is 0.0702. The lowest BCUT2D eigenvalue weighted by Crippen LogP contribution is -2.19. The number of halogens is 2. The molecule has 0 saturated carbocycles. The summed E-state index contributed by atoms with van der Waals surface area (Å²) in [6.45, 7) is 1.60. The quantitative estimate of drug-likeness (QED) is 0.794. The first-order chi connectivity index (χ1) is 7.93. The van der Waals surface area contributed by atoms with E-state index in [9.17, 15) is 8.42 Å². The molecule has 1 aromatic carbocycles. The Balaban J connectivity index is 3.30. The first-order valence-corrected chi connectivity index (χ1v) is 7.80. The SMILES string of the molecule is CC(CCCl)S(=O)(=O)c1ccc(Br)cc1C#N. The molecule has 1 unspecified atom stereocenters. The highest BCUT2D eigenvalue weighted by molar-refractivity contribution is 9.10. The average Bonchev–Trinajstić information content (AvgIpc) is 2.28. The van der Waals surface area contributed by atoms with Gasteiger partial charge in [-0.3, -0.25) is 0 Å². The Morgan fingerprint density at radius 1 is 1.53 bits per heavy atom. The van der Waals surface area contributed by atoms with Crippen LogP contribution >= 0.6 is 27.5 Å². The van der Waals surface area contributed by atoms with Crippen molar-refractivity contribution in [2.75, 3.05) is 5.88 Å². The highest BCUT2D eigenvalue weighted by atomic mass is 79.9. The molecule has 0 fully saturated rings. The molecule has 0 N–H and O–H groups in total. The first-order valence-electron chi connectivity index (χ1n) is 4.93. The van der Waals surface area contributed by atoms with Gasteiger partial charge in [0.2, 0.25) is 0 Å². The van der Waals surface area contributed by atoms with Gasteiger partial charge in [0.25, 0.3) is 0 Å². The maximum Gasteiger partial charge on any atom is 0.182 e. The van der Waals surface area contributed by atoms with E-state index in [0.29, 0.717) is 10.9 Å². The average molecular weight is 337 g/mol. The molecule has 0 spiro atoms. The smallest absolute Gasteiger partial charge is 0.182 e. The molecule has 0 saturated heterocycles. The van der Waals surface area contributed by atoms with Gasteiger partial charge in [-0.15, -0.1) is 11.6 Å². The molecule has 0 aliphatic carbocycles. The van der Waals surface area contributed by atoms with Gasteiger partial charge in [0.05, 0.1) is 15.7 Å². The van der Waals surface area contributed by atoms with Gasteiger partial charge in [-0.1, -0.05) is 15.9 Å². The van der Waals surface area contributed by atoms with Crippen molar-refractivity contribution in [1.82, 2.24) is 0 Å². The lowest BCUT2D eigenvalue weighted by molar-refractivity contribution is 0.581. The second kappa shape index (κ2) is 5.85. The molecule has 0 aliphatic heterocycles. The Hall–Kier alpha value is -0.570. The van der Waals surface area contributed by atoms with E-state index in [4.69, 9.17) is 16.9 Å². The molecule has 1 aromatic rings. The van der Waals surface area contributed by atoms with Crippen LogP contribution in [0.15, 0.2) is 27.6 Å². The summed E-state index contributed by atoms with van der Waals surface area (Å²) in [6, 6.07) is 6.46. The van der Waals surface area contributed by atoms with Crippen molar-refractivity contribution in [3.05, 3.63) is 28.2 Å². The maximum atomic E-state index is 12.2. The first kappa shape index (κ1) is 14.5. The Bertz CT molecular complexity index is 551. The van der Waals surface area contributed by atoms with E-state index in [1.165, 1.54) is 12.1 Å². The van der Waals surface area contributed by atoms with E-state index in [1.54, 1.807) is 13.0 Å². The van der Waals surface area contributed by atoms with E-state index >= 15 is 0 Å². The fourth-order valence-corrected chi connectivity index (χ4v) is 3.71. The third-order valence-electron chi connectivity index (χ3n) is 2.41. The number of hydrogen-bond acceptors (Lipinski definition) is 3. The molecule has 17 heavy (non-hydrogen) atoms. The van der Waals surface area contributed by atoms with Crippen LogP contribution in [-0.2, 0) is 9.84 Å². The van der Waals surface area contributed by atoms with E-state index in [1.807, 2.05) is 6.07 Å². The van der Waals surface area contributed by atoms with Gasteiger partial charge >= 0.3 is 0 Å². The molecule has 0 amide bonds. The summed E-state index contributed by atoms with van der Waals surface area (Å²) in [5, 5.41) is 8.37. The van der Waals surface area contributed by atoms with Crippen LogP contribution in [0.25, 0.3) is 0 Å². The predicted molar refractivity (Wildman–Crippen MR) is 70.8 cm³/mol. The van der Waals surface area contributed by atoms with Gasteiger partial charge in [-0.2, -0.15) is 5.26 Å². The third kappa shape index (κ3) is 3.21. The number of nitriles is 1. The molecule has 6 heteroatoms. The van der Waals surface area contributed by atoms with Crippen LogP contribution in [-0.4, -0.2) is 19.5 Å². The topological polar surface area (TPSA) is 57.9 Å². The van der Waals surface area contributed by atoms with Crippen LogP contribution in [0.2, 0.25) is 0 Å². The van der Waals surface area contributed by atoms with Crippen LogP contribution in [0.1, 0.15) is 18.9 Å². The number of alkyl halides is 1. The highest BCUT2D eigenvalue weighted by Gasteiger charge is 2.25. The summed E-state index contributed by atoms with van der Waals surface area (Å²) in [7, 11) is -3.49. The minimum Gasteiger partial charge on any atom is -0.223 e.